The van der Waals surface area contributed by atoms with E-state index in [9.17, 15) is 22.8 Å². The molecule has 0 amide bonds. The topological polar surface area (TPSA) is 55.4 Å². The molecule has 4 nitrogen and oxygen atoms in total. The number of Topliss-reactive ketones (excluding diaryl/α,β-unsaturated/α-hetero) is 2. The summed E-state index contributed by atoms with van der Waals surface area (Å²) in [5.74, 6) is -2.39. The Morgan fingerprint density at radius 2 is 1.75 bits per heavy atom. The van der Waals surface area contributed by atoms with E-state index in [-0.39, 0.29) is 5.75 Å². The Morgan fingerprint density at radius 3 is 2.20 bits per heavy atom. The molecule has 1 aromatic carbocycles. The standard InChI is InChI=1S/C13H14F3NO3/c1-9(18)8-12(2,11(19)13(14,15)16)17-20-10-6-4-3-5-7-10/h3-7,17H,8H2,1-2H3. The summed E-state index contributed by atoms with van der Waals surface area (Å²) in [6.07, 6.45) is -5.69. The fourth-order valence-electron chi connectivity index (χ4n) is 1.63. The minimum atomic E-state index is -5.06. The number of ketones is 2. The average molecular weight is 289 g/mol. The van der Waals surface area contributed by atoms with Crippen LogP contribution in [0, 0.1) is 0 Å². The van der Waals surface area contributed by atoms with Gasteiger partial charge >= 0.3 is 6.18 Å². The van der Waals surface area contributed by atoms with Crippen LogP contribution in [0.4, 0.5) is 13.2 Å². The first-order valence-corrected chi connectivity index (χ1v) is 5.75. The van der Waals surface area contributed by atoms with Gasteiger partial charge in [0.25, 0.3) is 5.78 Å². The summed E-state index contributed by atoms with van der Waals surface area (Å²) in [7, 11) is 0. The van der Waals surface area contributed by atoms with Crippen LogP contribution in [-0.4, -0.2) is 23.3 Å². The molecular weight excluding hydrogens is 275 g/mol. The lowest BCUT2D eigenvalue weighted by Gasteiger charge is -2.28. The van der Waals surface area contributed by atoms with E-state index < -0.39 is 29.7 Å². The average Bonchev–Trinajstić information content (AvgIpc) is 2.35. The smallest absolute Gasteiger partial charge is 0.408 e. The van der Waals surface area contributed by atoms with Crippen molar-refractivity contribution in [3.05, 3.63) is 30.3 Å². The SMILES string of the molecule is CC(=O)CC(C)(NOc1ccccc1)C(=O)C(F)(F)F. The Bertz CT molecular complexity index is 487. The van der Waals surface area contributed by atoms with E-state index in [2.05, 4.69) is 5.48 Å². The maximum absolute atomic E-state index is 12.6. The number of alkyl halides is 3. The van der Waals surface area contributed by atoms with Crippen molar-refractivity contribution >= 4 is 11.6 Å². The zero-order chi connectivity index (χ0) is 15.4. The highest BCUT2D eigenvalue weighted by Gasteiger charge is 2.51. The van der Waals surface area contributed by atoms with Gasteiger partial charge in [0.2, 0.25) is 0 Å². The van der Waals surface area contributed by atoms with Crippen LogP contribution in [0.3, 0.4) is 0 Å². The van der Waals surface area contributed by atoms with Gasteiger partial charge in [-0.1, -0.05) is 18.2 Å². The number of hydrogen-bond donors (Lipinski definition) is 1. The van der Waals surface area contributed by atoms with Crippen LogP contribution in [0.5, 0.6) is 5.75 Å². The van der Waals surface area contributed by atoms with Crippen molar-refractivity contribution in [3.8, 4) is 5.75 Å². The van der Waals surface area contributed by atoms with Crippen LogP contribution in [0.15, 0.2) is 30.3 Å². The van der Waals surface area contributed by atoms with Crippen molar-refractivity contribution in [1.29, 1.82) is 0 Å². The van der Waals surface area contributed by atoms with Gasteiger partial charge in [-0.25, -0.2) is 0 Å². The lowest BCUT2D eigenvalue weighted by molar-refractivity contribution is -0.181. The van der Waals surface area contributed by atoms with Gasteiger partial charge in [0, 0.05) is 6.42 Å². The van der Waals surface area contributed by atoms with Gasteiger partial charge in [-0.15, -0.1) is 5.48 Å². The van der Waals surface area contributed by atoms with Gasteiger partial charge in [0.05, 0.1) is 0 Å². The molecule has 1 unspecified atom stereocenters. The van der Waals surface area contributed by atoms with Crippen LogP contribution in [0.25, 0.3) is 0 Å². The van der Waals surface area contributed by atoms with Crippen LogP contribution < -0.4 is 10.3 Å². The molecule has 0 saturated heterocycles. The van der Waals surface area contributed by atoms with Crippen molar-refractivity contribution in [3.63, 3.8) is 0 Å². The van der Waals surface area contributed by atoms with Gasteiger partial charge < -0.3 is 4.84 Å². The molecule has 1 atom stereocenters. The van der Waals surface area contributed by atoms with E-state index >= 15 is 0 Å². The Balaban J connectivity index is 2.89. The minimum absolute atomic E-state index is 0.234. The first-order valence-electron chi connectivity index (χ1n) is 5.75. The number of carbonyl (C=O) groups excluding carboxylic acids is 2. The van der Waals surface area contributed by atoms with Gasteiger partial charge in [-0.05, 0) is 26.0 Å². The first kappa shape index (κ1) is 16.2. The third-order valence-electron chi connectivity index (χ3n) is 2.50. The fourth-order valence-corrected chi connectivity index (χ4v) is 1.63. The van der Waals surface area contributed by atoms with E-state index in [1.54, 1.807) is 18.2 Å². The lowest BCUT2D eigenvalue weighted by atomic mass is 9.91. The zero-order valence-electron chi connectivity index (χ0n) is 11.0. The van der Waals surface area contributed by atoms with Crippen molar-refractivity contribution < 1.29 is 27.6 Å². The molecular formula is C13H14F3NO3. The second-order valence-corrected chi connectivity index (χ2v) is 4.55. The maximum Gasteiger partial charge on any atom is 0.452 e. The van der Waals surface area contributed by atoms with Gasteiger partial charge in [0.15, 0.2) is 0 Å². The number of para-hydroxylation sites is 1. The largest absolute Gasteiger partial charge is 0.452 e. The molecule has 0 fully saturated rings. The second-order valence-electron chi connectivity index (χ2n) is 4.55. The van der Waals surface area contributed by atoms with E-state index in [0.717, 1.165) is 13.8 Å². The van der Waals surface area contributed by atoms with Gasteiger partial charge in [0.1, 0.15) is 17.1 Å². The Labute approximate surface area is 113 Å². The lowest BCUT2D eigenvalue weighted by Crippen LogP contribution is -2.56. The molecule has 0 saturated carbocycles. The molecule has 1 N–H and O–H groups in total. The summed E-state index contributed by atoms with van der Waals surface area (Å²) >= 11 is 0. The van der Waals surface area contributed by atoms with E-state index in [4.69, 9.17) is 4.84 Å². The highest BCUT2D eigenvalue weighted by molar-refractivity contribution is 5.96. The van der Waals surface area contributed by atoms with E-state index in [0.29, 0.717) is 0 Å². The Hall–Kier alpha value is -1.89. The van der Waals surface area contributed by atoms with Gasteiger partial charge in [-0.3, -0.25) is 9.59 Å². The highest BCUT2D eigenvalue weighted by atomic mass is 19.4. The quantitative estimate of drug-likeness (QED) is 0.817. The molecule has 0 bridgehead atoms. The monoisotopic (exact) mass is 289 g/mol. The third-order valence-corrected chi connectivity index (χ3v) is 2.50. The predicted molar refractivity (Wildman–Crippen MR) is 65.0 cm³/mol. The number of benzene rings is 1. The molecule has 0 spiro atoms. The molecule has 0 aliphatic carbocycles. The van der Waals surface area contributed by atoms with Crippen LogP contribution in [-0.2, 0) is 9.59 Å². The molecule has 1 rings (SSSR count). The number of hydroxylamine groups is 1. The van der Waals surface area contributed by atoms with Crippen LogP contribution in [0.2, 0.25) is 0 Å². The van der Waals surface area contributed by atoms with E-state index in [1.165, 1.54) is 12.1 Å². The van der Waals surface area contributed by atoms with E-state index in [1.807, 2.05) is 0 Å². The zero-order valence-corrected chi connectivity index (χ0v) is 11.0. The molecule has 0 aromatic heterocycles. The Morgan fingerprint density at radius 1 is 1.20 bits per heavy atom. The molecule has 110 valence electrons. The van der Waals surface area contributed by atoms with Crippen LogP contribution in [0.1, 0.15) is 20.3 Å². The van der Waals surface area contributed by atoms with Crippen molar-refractivity contribution in [2.45, 2.75) is 32.0 Å². The third kappa shape index (κ3) is 4.34. The number of hydrogen-bond acceptors (Lipinski definition) is 4. The van der Waals surface area contributed by atoms with Gasteiger partial charge in [-0.2, -0.15) is 13.2 Å². The number of halogens is 3. The summed E-state index contributed by atoms with van der Waals surface area (Å²) in [5, 5.41) is 0. The molecule has 0 heterocycles. The molecule has 7 heteroatoms. The first-order chi connectivity index (χ1) is 9.15. The number of carbonyl (C=O) groups is 2. The predicted octanol–water partition coefficient (Wildman–Crippen LogP) is 2.44. The highest BCUT2D eigenvalue weighted by Crippen LogP contribution is 2.26. The Kier molecular flexibility index (Phi) is 4.88. The summed E-state index contributed by atoms with van der Waals surface area (Å²) in [6.45, 7) is 2.08. The molecule has 1 aromatic rings. The van der Waals surface area contributed by atoms with Crippen molar-refractivity contribution in [2.24, 2.45) is 0 Å². The summed E-state index contributed by atoms with van der Waals surface area (Å²) in [5.41, 5.74) is -0.107. The summed E-state index contributed by atoms with van der Waals surface area (Å²) in [6, 6.07) is 7.93. The summed E-state index contributed by atoms with van der Waals surface area (Å²) < 4.78 is 37.7. The maximum atomic E-state index is 12.6. The fraction of sp³-hybridized carbons (Fsp3) is 0.385. The minimum Gasteiger partial charge on any atom is -0.408 e. The molecule has 0 aliphatic rings. The molecule has 0 radical (unpaired) electrons. The molecule has 20 heavy (non-hydrogen) atoms. The normalized spacial score (nSPS) is 14.4. The molecule has 0 aliphatic heterocycles. The van der Waals surface area contributed by atoms with Crippen LogP contribution >= 0.6 is 0 Å². The van der Waals surface area contributed by atoms with Crippen molar-refractivity contribution in [2.75, 3.05) is 0 Å². The van der Waals surface area contributed by atoms with Crippen molar-refractivity contribution in [1.82, 2.24) is 5.48 Å². The number of rotatable bonds is 6. The summed E-state index contributed by atoms with van der Waals surface area (Å²) in [4.78, 5) is 27.5. The second kappa shape index (κ2) is 6.04. The number of nitrogens with one attached hydrogen (secondary N) is 1.